The summed E-state index contributed by atoms with van der Waals surface area (Å²) in [5, 5.41) is 9.32. The molecular formula is C54H32N2O2. The number of aromatic nitrogens is 2. The van der Waals surface area contributed by atoms with Gasteiger partial charge >= 0.3 is 0 Å². The van der Waals surface area contributed by atoms with Gasteiger partial charge in [-0.1, -0.05) is 127 Å². The van der Waals surface area contributed by atoms with Crippen molar-refractivity contribution in [1.82, 2.24) is 9.13 Å². The molecule has 13 aromatic rings. The third kappa shape index (κ3) is 4.29. The fourth-order valence-electron chi connectivity index (χ4n) is 9.74. The number of furan rings is 2. The summed E-state index contributed by atoms with van der Waals surface area (Å²) in [7, 11) is 0. The highest BCUT2D eigenvalue weighted by Crippen LogP contribution is 2.46. The maximum atomic E-state index is 6.46. The van der Waals surface area contributed by atoms with Gasteiger partial charge in [-0.25, -0.2) is 0 Å². The maximum absolute atomic E-state index is 6.46. The first-order valence-corrected chi connectivity index (χ1v) is 19.8. The second-order valence-corrected chi connectivity index (χ2v) is 15.2. The van der Waals surface area contributed by atoms with Gasteiger partial charge in [0.15, 0.2) is 0 Å². The molecule has 4 aromatic heterocycles. The lowest BCUT2D eigenvalue weighted by Gasteiger charge is -2.14. The molecule has 0 spiro atoms. The summed E-state index contributed by atoms with van der Waals surface area (Å²) >= 11 is 0. The van der Waals surface area contributed by atoms with Gasteiger partial charge in [-0.05, 0) is 83.4 Å². The summed E-state index contributed by atoms with van der Waals surface area (Å²) in [5.41, 5.74) is 15.1. The molecule has 9 aromatic carbocycles. The van der Waals surface area contributed by atoms with Crippen molar-refractivity contribution in [2.75, 3.05) is 0 Å². The van der Waals surface area contributed by atoms with Crippen LogP contribution in [-0.2, 0) is 0 Å². The number of rotatable bonds is 4. The number of fused-ring (bicyclic) bond motifs is 13. The maximum Gasteiger partial charge on any atom is 0.137 e. The first kappa shape index (κ1) is 31.4. The average molecular weight is 741 g/mol. The zero-order chi connectivity index (χ0) is 37.9. The zero-order valence-electron chi connectivity index (χ0n) is 31.2. The first-order chi connectivity index (χ1) is 28.8. The average Bonchev–Trinajstić information content (AvgIpc) is 4.04. The van der Waals surface area contributed by atoms with Crippen molar-refractivity contribution in [1.29, 1.82) is 0 Å². The quantitative estimate of drug-likeness (QED) is 0.180. The van der Waals surface area contributed by atoms with Crippen LogP contribution >= 0.6 is 0 Å². The van der Waals surface area contributed by atoms with Gasteiger partial charge in [0.1, 0.15) is 22.3 Å². The van der Waals surface area contributed by atoms with Crippen LogP contribution in [-0.4, -0.2) is 9.13 Å². The molecule has 0 atom stereocenters. The highest BCUT2D eigenvalue weighted by molar-refractivity contribution is 6.30. The van der Waals surface area contributed by atoms with Crippen molar-refractivity contribution in [3.8, 4) is 33.6 Å². The Kier molecular flexibility index (Phi) is 6.41. The molecule has 4 nitrogen and oxygen atoms in total. The van der Waals surface area contributed by atoms with Gasteiger partial charge in [0, 0.05) is 43.3 Å². The smallest absolute Gasteiger partial charge is 0.137 e. The lowest BCUT2D eigenvalue weighted by atomic mass is 9.97. The van der Waals surface area contributed by atoms with Gasteiger partial charge in [-0.15, -0.1) is 0 Å². The van der Waals surface area contributed by atoms with Crippen molar-refractivity contribution in [3.05, 3.63) is 194 Å². The van der Waals surface area contributed by atoms with Crippen LogP contribution in [0.5, 0.6) is 0 Å². The largest absolute Gasteiger partial charge is 0.456 e. The number of hydrogen-bond donors (Lipinski definition) is 0. The molecule has 4 heterocycles. The van der Waals surface area contributed by atoms with Crippen LogP contribution in [0, 0.1) is 0 Å². The van der Waals surface area contributed by atoms with E-state index in [2.05, 4.69) is 191 Å². The molecule has 4 heteroatoms. The first-order valence-electron chi connectivity index (χ1n) is 19.8. The van der Waals surface area contributed by atoms with E-state index in [4.69, 9.17) is 8.83 Å². The lowest BCUT2D eigenvalue weighted by Crippen LogP contribution is -1.97. The fourth-order valence-corrected chi connectivity index (χ4v) is 9.74. The summed E-state index contributed by atoms with van der Waals surface area (Å²) in [5.74, 6) is 0. The van der Waals surface area contributed by atoms with Crippen LogP contribution in [0.1, 0.15) is 0 Å². The van der Waals surface area contributed by atoms with E-state index < -0.39 is 0 Å². The molecule has 0 aliphatic rings. The summed E-state index contributed by atoms with van der Waals surface area (Å²) in [4.78, 5) is 0. The number of nitrogens with zero attached hydrogens (tertiary/aromatic N) is 2. The fraction of sp³-hybridized carbons (Fsp3) is 0. The van der Waals surface area contributed by atoms with Crippen LogP contribution in [0.2, 0.25) is 0 Å². The number of benzene rings is 9. The van der Waals surface area contributed by atoms with E-state index in [1.54, 1.807) is 0 Å². The van der Waals surface area contributed by atoms with E-state index >= 15 is 0 Å². The molecular weight excluding hydrogens is 709 g/mol. The molecule has 270 valence electrons. The highest BCUT2D eigenvalue weighted by atomic mass is 16.3. The Morgan fingerprint density at radius 2 is 0.793 bits per heavy atom. The van der Waals surface area contributed by atoms with E-state index in [0.29, 0.717) is 0 Å². The van der Waals surface area contributed by atoms with E-state index in [9.17, 15) is 0 Å². The topological polar surface area (TPSA) is 36.1 Å². The predicted molar refractivity (Wildman–Crippen MR) is 241 cm³/mol. The monoisotopic (exact) mass is 740 g/mol. The van der Waals surface area contributed by atoms with E-state index in [1.807, 2.05) is 12.1 Å². The van der Waals surface area contributed by atoms with Crippen molar-refractivity contribution in [2.45, 2.75) is 0 Å². The van der Waals surface area contributed by atoms with Gasteiger partial charge in [-0.2, -0.15) is 0 Å². The van der Waals surface area contributed by atoms with Gasteiger partial charge < -0.3 is 18.0 Å². The van der Waals surface area contributed by atoms with Crippen LogP contribution < -0.4 is 0 Å². The predicted octanol–water partition coefficient (Wildman–Crippen LogP) is 15.0. The number of hydrogen-bond acceptors (Lipinski definition) is 2. The summed E-state index contributed by atoms with van der Waals surface area (Å²) in [6, 6.07) is 69.5. The molecule has 0 amide bonds. The Balaban J connectivity index is 1.20. The Morgan fingerprint density at radius 1 is 0.276 bits per heavy atom. The standard InChI is InChI=1S/C54H32N2O2/c1-2-14-33(15-3-1)35-16-4-8-21-41(35)55-42-22-9-5-17-37(42)53-45(55)30-31-46-54(53)40-32-34(36-20-12-26-49-51(36)38-18-6-10-24-47(38)57-49)28-29-43(40)56(46)44-23-13-27-50-52(44)39-19-7-11-25-48(39)58-50/h1-32H. The highest BCUT2D eigenvalue weighted by Gasteiger charge is 2.24. The van der Waals surface area contributed by atoms with Crippen LogP contribution in [0.4, 0.5) is 0 Å². The van der Waals surface area contributed by atoms with E-state index in [0.717, 1.165) is 82.9 Å². The second kappa shape index (κ2) is 11.8. The van der Waals surface area contributed by atoms with Crippen molar-refractivity contribution >= 4 is 87.5 Å². The molecule has 13 rings (SSSR count). The SMILES string of the molecule is c1ccc(-c2ccccc2-n2c3ccccc3c3c4c5cc(-c6cccc7oc8ccccc8c67)ccc5n(-c5cccc6oc7ccccc7c56)c4ccc32)cc1. The third-order valence-corrected chi connectivity index (χ3v) is 12.1. The molecule has 0 aliphatic carbocycles. The summed E-state index contributed by atoms with van der Waals surface area (Å²) < 4.78 is 17.8. The minimum absolute atomic E-state index is 0.874. The second-order valence-electron chi connectivity index (χ2n) is 15.2. The minimum Gasteiger partial charge on any atom is -0.456 e. The summed E-state index contributed by atoms with van der Waals surface area (Å²) in [6.45, 7) is 0. The van der Waals surface area contributed by atoms with Crippen LogP contribution in [0.3, 0.4) is 0 Å². The molecule has 0 saturated heterocycles. The van der Waals surface area contributed by atoms with Gasteiger partial charge in [0.05, 0.1) is 38.8 Å². The molecule has 58 heavy (non-hydrogen) atoms. The van der Waals surface area contributed by atoms with Gasteiger partial charge in [0.2, 0.25) is 0 Å². The van der Waals surface area contributed by atoms with Gasteiger partial charge in [-0.3, -0.25) is 0 Å². The Labute approximate surface area is 332 Å². The van der Waals surface area contributed by atoms with E-state index in [1.165, 1.54) is 38.2 Å². The molecule has 0 aliphatic heterocycles. The van der Waals surface area contributed by atoms with E-state index in [-0.39, 0.29) is 0 Å². The third-order valence-electron chi connectivity index (χ3n) is 12.1. The molecule has 0 radical (unpaired) electrons. The van der Waals surface area contributed by atoms with Gasteiger partial charge in [0.25, 0.3) is 0 Å². The van der Waals surface area contributed by atoms with Crippen molar-refractivity contribution < 1.29 is 8.83 Å². The molecule has 0 N–H and O–H groups in total. The lowest BCUT2D eigenvalue weighted by molar-refractivity contribution is 0.668. The van der Waals surface area contributed by atoms with Crippen molar-refractivity contribution in [3.63, 3.8) is 0 Å². The molecule has 0 fully saturated rings. The van der Waals surface area contributed by atoms with Crippen LogP contribution in [0.15, 0.2) is 203 Å². The molecule has 0 unspecified atom stereocenters. The number of para-hydroxylation sites is 4. The molecule has 0 saturated carbocycles. The Morgan fingerprint density at radius 3 is 1.59 bits per heavy atom. The summed E-state index contributed by atoms with van der Waals surface area (Å²) in [6.07, 6.45) is 0. The van der Waals surface area contributed by atoms with Crippen molar-refractivity contribution in [2.24, 2.45) is 0 Å². The Hall–Kier alpha value is -7.82. The Bertz CT molecular complexity index is 3800. The normalized spacial score (nSPS) is 12.1. The minimum atomic E-state index is 0.874. The molecule has 0 bridgehead atoms. The zero-order valence-corrected chi connectivity index (χ0v) is 31.2. The van der Waals surface area contributed by atoms with Crippen LogP contribution in [0.25, 0.3) is 121 Å².